The third kappa shape index (κ3) is 5.13. The SMILES string of the molecule is CN=C(NCC1(C)CCCO1)NCC(C)(O)c1ccco1.I. The van der Waals surface area contributed by atoms with E-state index in [9.17, 15) is 5.11 Å². The molecule has 3 N–H and O–H groups in total. The minimum Gasteiger partial charge on any atom is -0.466 e. The number of hydrogen-bond acceptors (Lipinski definition) is 4. The van der Waals surface area contributed by atoms with Crippen molar-refractivity contribution in [2.75, 3.05) is 26.7 Å². The molecular formula is C15H26IN3O3. The van der Waals surface area contributed by atoms with Crippen molar-refractivity contribution in [2.45, 2.75) is 37.9 Å². The molecule has 0 bridgehead atoms. The molecule has 2 heterocycles. The summed E-state index contributed by atoms with van der Waals surface area (Å²) in [6, 6.07) is 3.51. The third-order valence-corrected chi connectivity index (χ3v) is 3.81. The van der Waals surface area contributed by atoms with Crippen molar-refractivity contribution in [1.82, 2.24) is 10.6 Å². The van der Waals surface area contributed by atoms with E-state index in [1.165, 1.54) is 0 Å². The van der Waals surface area contributed by atoms with Gasteiger partial charge in [0, 0.05) is 20.2 Å². The van der Waals surface area contributed by atoms with Crippen LogP contribution in [0.1, 0.15) is 32.4 Å². The quantitative estimate of drug-likeness (QED) is 0.383. The molecule has 1 saturated heterocycles. The predicted molar refractivity (Wildman–Crippen MR) is 96.6 cm³/mol. The van der Waals surface area contributed by atoms with Crippen LogP contribution in [0.5, 0.6) is 0 Å². The van der Waals surface area contributed by atoms with Crippen LogP contribution in [0.25, 0.3) is 0 Å². The molecule has 0 aromatic carbocycles. The number of furan rings is 1. The van der Waals surface area contributed by atoms with Gasteiger partial charge in [-0.05, 0) is 38.8 Å². The molecule has 1 fully saturated rings. The average molecular weight is 423 g/mol. The van der Waals surface area contributed by atoms with E-state index >= 15 is 0 Å². The molecular weight excluding hydrogens is 397 g/mol. The van der Waals surface area contributed by atoms with Gasteiger partial charge in [0.1, 0.15) is 11.4 Å². The second-order valence-corrected chi connectivity index (χ2v) is 5.93. The van der Waals surface area contributed by atoms with Crippen molar-refractivity contribution in [1.29, 1.82) is 0 Å². The first-order valence-corrected chi connectivity index (χ1v) is 7.30. The fourth-order valence-corrected chi connectivity index (χ4v) is 2.40. The Morgan fingerprint density at radius 2 is 2.27 bits per heavy atom. The number of aliphatic imine (C=N–C) groups is 1. The highest BCUT2D eigenvalue weighted by Gasteiger charge is 2.30. The minimum atomic E-state index is -1.09. The number of rotatable bonds is 5. The average Bonchev–Trinajstić information content (AvgIpc) is 3.11. The molecule has 2 rings (SSSR count). The van der Waals surface area contributed by atoms with Crippen LogP contribution >= 0.6 is 24.0 Å². The van der Waals surface area contributed by atoms with Crippen molar-refractivity contribution in [2.24, 2.45) is 4.99 Å². The van der Waals surface area contributed by atoms with Crippen molar-refractivity contribution in [3.05, 3.63) is 24.2 Å². The Labute approximate surface area is 148 Å². The lowest BCUT2D eigenvalue weighted by atomic mass is 10.0. The van der Waals surface area contributed by atoms with Gasteiger partial charge in [0.2, 0.25) is 0 Å². The maximum absolute atomic E-state index is 10.4. The number of ether oxygens (including phenoxy) is 1. The Hall–Kier alpha value is -0.800. The van der Waals surface area contributed by atoms with Crippen LogP contribution < -0.4 is 10.6 Å². The van der Waals surface area contributed by atoms with Crippen LogP contribution in [0.3, 0.4) is 0 Å². The van der Waals surface area contributed by atoms with E-state index in [0.717, 1.165) is 19.4 Å². The molecule has 0 saturated carbocycles. The van der Waals surface area contributed by atoms with Gasteiger partial charge in [-0.3, -0.25) is 4.99 Å². The van der Waals surface area contributed by atoms with Gasteiger partial charge in [-0.1, -0.05) is 0 Å². The number of hydrogen-bond donors (Lipinski definition) is 3. The summed E-state index contributed by atoms with van der Waals surface area (Å²) in [7, 11) is 1.70. The standard InChI is InChI=1S/C15H25N3O3.HI/c1-14(7-5-9-21-14)10-17-13(16-3)18-11-15(2,19)12-6-4-8-20-12;/h4,6,8,19H,5,7,9-11H2,1-3H3,(H2,16,17,18);1H. The van der Waals surface area contributed by atoms with Gasteiger partial charge in [0.25, 0.3) is 0 Å². The normalized spacial score (nSPS) is 24.5. The number of aliphatic hydroxyl groups is 1. The highest BCUT2D eigenvalue weighted by Crippen LogP contribution is 2.24. The fraction of sp³-hybridized carbons (Fsp3) is 0.667. The maximum Gasteiger partial charge on any atom is 0.191 e. The maximum atomic E-state index is 10.4. The summed E-state index contributed by atoms with van der Waals surface area (Å²) in [6.07, 6.45) is 3.69. The second-order valence-electron chi connectivity index (χ2n) is 5.93. The zero-order valence-corrected chi connectivity index (χ0v) is 15.7. The van der Waals surface area contributed by atoms with E-state index in [1.54, 1.807) is 32.4 Å². The molecule has 2 atom stereocenters. The predicted octanol–water partition coefficient (Wildman–Crippen LogP) is 1.84. The van der Waals surface area contributed by atoms with E-state index in [1.807, 2.05) is 0 Å². The molecule has 0 radical (unpaired) electrons. The second kappa shape index (κ2) is 8.16. The summed E-state index contributed by atoms with van der Waals surface area (Å²) < 4.78 is 11.0. The lowest BCUT2D eigenvalue weighted by molar-refractivity contribution is 0.0237. The van der Waals surface area contributed by atoms with Gasteiger partial charge in [0.15, 0.2) is 5.96 Å². The Morgan fingerprint density at radius 1 is 1.50 bits per heavy atom. The van der Waals surface area contributed by atoms with E-state index < -0.39 is 5.60 Å². The van der Waals surface area contributed by atoms with E-state index in [-0.39, 0.29) is 29.6 Å². The molecule has 1 aliphatic rings. The Balaban J connectivity index is 0.00000242. The molecule has 1 aromatic heterocycles. The number of nitrogens with zero attached hydrogens (tertiary/aromatic N) is 1. The molecule has 0 aliphatic carbocycles. The molecule has 7 heteroatoms. The summed E-state index contributed by atoms with van der Waals surface area (Å²) in [5, 5.41) is 16.7. The Bertz CT molecular complexity index is 468. The third-order valence-electron chi connectivity index (χ3n) is 3.81. The molecule has 1 aliphatic heterocycles. The summed E-state index contributed by atoms with van der Waals surface area (Å²) in [6.45, 7) is 5.61. The molecule has 6 nitrogen and oxygen atoms in total. The molecule has 0 amide bonds. The highest BCUT2D eigenvalue weighted by molar-refractivity contribution is 14.0. The Morgan fingerprint density at radius 3 is 2.82 bits per heavy atom. The molecule has 0 spiro atoms. The number of halogens is 1. The molecule has 1 aromatic rings. The van der Waals surface area contributed by atoms with Crippen molar-refractivity contribution >= 4 is 29.9 Å². The topological polar surface area (TPSA) is 79.0 Å². The van der Waals surface area contributed by atoms with Crippen molar-refractivity contribution in [3.8, 4) is 0 Å². The molecule has 2 unspecified atom stereocenters. The summed E-state index contributed by atoms with van der Waals surface area (Å²) >= 11 is 0. The fourth-order valence-electron chi connectivity index (χ4n) is 2.40. The van der Waals surface area contributed by atoms with Crippen LogP contribution in [-0.4, -0.2) is 43.4 Å². The monoisotopic (exact) mass is 423 g/mol. The zero-order valence-electron chi connectivity index (χ0n) is 13.4. The van der Waals surface area contributed by atoms with Crippen LogP contribution in [0.4, 0.5) is 0 Å². The van der Waals surface area contributed by atoms with Crippen LogP contribution in [0.2, 0.25) is 0 Å². The minimum absolute atomic E-state index is 0. The number of guanidine groups is 1. The van der Waals surface area contributed by atoms with Gasteiger partial charge in [0.05, 0.1) is 18.4 Å². The molecule has 126 valence electrons. The van der Waals surface area contributed by atoms with Crippen LogP contribution in [0, 0.1) is 0 Å². The zero-order chi connectivity index (χ0) is 15.3. The van der Waals surface area contributed by atoms with Crippen LogP contribution in [-0.2, 0) is 10.3 Å². The summed E-state index contributed by atoms with van der Waals surface area (Å²) in [5.41, 5.74) is -1.23. The lowest BCUT2D eigenvalue weighted by Crippen LogP contribution is -2.48. The number of nitrogens with one attached hydrogen (secondary N) is 2. The van der Waals surface area contributed by atoms with Gasteiger partial charge in [-0.2, -0.15) is 0 Å². The highest BCUT2D eigenvalue weighted by atomic mass is 127. The van der Waals surface area contributed by atoms with Crippen molar-refractivity contribution in [3.63, 3.8) is 0 Å². The van der Waals surface area contributed by atoms with Gasteiger partial charge in [-0.15, -0.1) is 24.0 Å². The van der Waals surface area contributed by atoms with E-state index in [0.29, 0.717) is 24.8 Å². The van der Waals surface area contributed by atoms with Gasteiger partial charge >= 0.3 is 0 Å². The summed E-state index contributed by atoms with van der Waals surface area (Å²) in [4.78, 5) is 4.16. The largest absolute Gasteiger partial charge is 0.466 e. The molecule has 22 heavy (non-hydrogen) atoms. The smallest absolute Gasteiger partial charge is 0.191 e. The van der Waals surface area contributed by atoms with E-state index in [4.69, 9.17) is 9.15 Å². The van der Waals surface area contributed by atoms with Crippen molar-refractivity contribution < 1.29 is 14.3 Å². The van der Waals surface area contributed by atoms with Gasteiger partial charge in [-0.25, -0.2) is 0 Å². The summed E-state index contributed by atoms with van der Waals surface area (Å²) in [5.74, 6) is 1.16. The van der Waals surface area contributed by atoms with Gasteiger partial charge < -0.3 is 24.9 Å². The first-order chi connectivity index (χ1) is 9.95. The van der Waals surface area contributed by atoms with Crippen LogP contribution in [0.15, 0.2) is 27.8 Å². The first-order valence-electron chi connectivity index (χ1n) is 7.30. The lowest BCUT2D eigenvalue weighted by Gasteiger charge is -2.26. The van der Waals surface area contributed by atoms with E-state index in [2.05, 4.69) is 22.5 Å². The first kappa shape index (κ1) is 19.2. The Kier molecular flexibility index (Phi) is 7.14.